The number of hydrogen-bond acceptors (Lipinski definition) is 9. The maximum absolute atomic E-state index is 13.0. The number of ether oxygens (including phenoxy) is 2. The SMILES string of the molecule is CC(C)Oc1ccncc1NC(=O)c1cc(Cl)nn2cc(-c3ccccc3)nc12.CCOC(=O)c1cc(Cl)nn2cc(-c3ccccc3)nc12.[2H]CF. The number of halogens is 3. The standard InChI is InChI=1S/C21H18ClN5O2.C15H12ClN3O2.CH3F/c1-13(2)29-18-8-9-23-11-16(18)25-21(28)15-10-19(22)26-27-12-17(24-20(15)27)14-6-4-3-5-7-14;1-2-21-15(20)11-8-13(16)18-19-9-12(17-14(11)19)10-6-4-3-5-7-10;1-2/h3-13H,1-2H3,(H,25,28);3-9H,2H2,1H3;1H3/i;;1D. The van der Waals surface area contributed by atoms with Crippen LogP contribution in [0.1, 0.15) is 42.9 Å². The lowest BCUT2D eigenvalue weighted by molar-refractivity contribution is 0.0527. The molecule has 2 aromatic carbocycles. The number of carbonyl (C=O) groups is 2. The molecular formula is C37H33Cl2FN8O4. The molecule has 1 N–H and O–H groups in total. The molecule has 5 aromatic heterocycles. The van der Waals surface area contributed by atoms with E-state index in [9.17, 15) is 14.0 Å². The van der Waals surface area contributed by atoms with Gasteiger partial charge in [0.1, 0.15) is 17.0 Å². The summed E-state index contributed by atoms with van der Waals surface area (Å²) in [7, 11) is -1.00. The van der Waals surface area contributed by atoms with Crippen LogP contribution in [0.2, 0.25) is 10.3 Å². The lowest BCUT2D eigenvalue weighted by Gasteiger charge is -2.14. The summed E-state index contributed by atoms with van der Waals surface area (Å²) in [5, 5.41) is 11.6. The van der Waals surface area contributed by atoms with Crippen molar-refractivity contribution >= 4 is 52.1 Å². The maximum Gasteiger partial charge on any atom is 0.342 e. The third-order valence-electron chi connectivity index (χ3n) is 7.06. The van der Waals surface area contributed by atoms with Crippen LogP contribution in [-0.4, -0.2) is 65.9 Å². The van der Waals surface area contributed by atoms with Crippen LogP contribution in [0.25, 0.3) is 33.8 Å². The van der Waals surface area contributed by atoms with Crippen molar-refractivity contribution in [1.82, 2.24) is 34.2 Å². The molecule has 0 aliphatic rings. The molecule has 0 atom stereocenters. The van der Waals surface area contributed by atoms with Crippen LogP contribution in [-0.2, 0) is 4.74 Å². The van der Waals surface area contributed by atoms with Gasteiger partial charge in [-0.1, -0.05) is 83.9 Å². The predicted octanol–water partition coefficient (Wildman–Crippen LogP) is 8.30. The molecule has 7 aromatic rings. The Morgan fingerprint density at radius 1 is 0.865 bits per heavy atom. The Balaban J connectivity index is 0.000000199. The number of fused-ring (bicyclic) bond motifs is 2. The van der Waals surface area contributed by atoms with Crippen molar-refractivity contribution in [3.05, 3.63) is 125 Å². The zero-order valence-electron chi connectivity index (χ0n) is 29.2. The average Bonchev–Trinajstić information content (AvgIpc) is 3.78. The summed E-state index contributed by atoms with van der Waals surface area (Å²) in [5.74, 6) is -0.309. The number of esters is 1. The Labute approximate surface area is 309 Å². The second-order valence-electron chi connectivity index (χ2n) is 11.0. The summed E-state index contributed by atoms with van der Waals surface area (Å²) in [6.45, 7) is 5.86. The third kappa shape index (κ3) is 8.86. The zero-order valence-corrected chi connectivity index (χ0v) is 29.7. The molecule has 266 valence electrons. The van der Waals surface area contributed by atoms with Crippen molar-refractivity contribution in [2.24, 2.45) is 0 Å². The molecule has 0 aliphatic carbocycles. The van der Waals surface area contributed by atoms with E-state index in [4.69, 9.17) is 34.0 Å². The van der Waals surface area contributed by atoms with Crippen molar-refractivity contribution in [3.63, 3.8) is 0 Å². The van der Waals surface area contributed by atoms with Gasteiger partial charge in [0.15, 0.2) is 21.6 Å². The van der Waals surface area contributed by atoms with Gasteiger partial charge in [-0.3, -0.25) is 14.2 Å². The lowest BCUT2D eigenvalue weighted by Crippen LogP contribution is -2.16. The number of nitrogens with one attached hydrogen (secondary N) is 1. The summed E-state index contributed by atoms with van der Waals surface area (Å²) in [5.41, 5.74) is 5.17. The number of rotatable bonds is 8. The number of aromatic nitrogens is 7. The molecule has 0 saturated carbocycles. The van der Waals surface area contributed by atoms with Gasteiger partial charge in [0, 0.05) is 23.4 Å². The van der Waals surface area contributed by atoms with Gasteiger partial charge in [-0.2, -0.15) is 10.2 Å². The minimum Gasteiger partial charge on any atom is -0.489 e. The molecule has 7 rings (SSSR count). The predicted molar refractivity (Wildman–Crippen MR) is 198 cm³/mol. The molecule has 5 heterocycles. The molecule has 0 saturated heterocycles. The molecule has 15 heteroatoms. The number of amides is 1. The highest BCUT2D eigenvalue weighted by Gasteiger charge is 2.19. The molecule has 0 aliphatic heterocycles. The fourth-order valence-electron chi connectivity index (χ4n) is 4.94. The Hall–Kier alpha value is -5.92. The van der Waals surface area contributed by atoms with Crippen molar-refractivity contribution in [2.45, 2.75) is 26.9 Å². The van der Waals surface area contributed by atoms with Crippen LogP contribution >= 0.6 is 23.2 Å². The minimum absolute atomic E-state index is 0.0455. The van der Waals surface area contributed by atoms with E-state index in [0.29, 0.717) is 39.6 Å². The quantitative estimate of drug-likeness (QED) is 0.152. The van der Waals surface area contributed by atoms with Crippen LogP contribution < -0.4 is 10.1 Å². The van der Waals surface area contributed by atoms with Gasteiger partial charge < -0.3 is 14.8 Å². The number of anilines is 1. The lowest BCUT2D eigenvalue weighted by atomic mass is 10.2. The van der Waals surface area contributed by atoms with Gasteiger partial charge in [0.25, 0.3) is 5.91 Å². The second kappa shape index (κ2) is 17.3. The fraction of sp³-hybridized carbons (Fsp3) is 0.162. The molecule has 1 amide bonds. The smallest absolute Gasteiger partial charge is 0.342 e. The summed E-state index contributed by atoms with van der Waals surface area (Å²) < 4.78 is 29.3. The number of imidazole rings is 2. The van der Waals surface area contributed by atoms with E-state index >= 15 is 0 Å². The second-order valence-corrected chi connectivity index (χ2v) is 11.8. The monoisotopic (exact) mass is 743 g/mol. The van der Waals surface area contributed by atoms with E-state index in [-0.39, 0.29) is 28.9 Å². The highest BCUT2D eigenvalue weighted by atomic mass is 35.5. The molecule has 52 heavy (non-hydrogen) atoms. The van der Waals surface area contributed by atoms with Crippen LogP contribution in [0.4, 0.5) is 10.1 Å². The van der Waals surface area contributed by atoms with Gasteiger partial charge in [-0.15, -0.1) is 0 Å². The Bertz CT molecular complexity index is 2330. The Morgan fingerprint density at radius 2 is 1.38 bits per heavy atom. The summed E-state index contributed by atoms with van der Waals surface area (Å²) in [6, 6.07) is 24.0. The van der Waals surface area contributed by atoms with E-state index in [1.54, 1.807) is 31.6 Å². The highest BCUT2D eigenvalue weighted by Crippen LogP contribution is 2.27. The highest BCUT2D eigenvalue weighted by molar-refractivity contribution is 6.30. The number of alkyl halides is 1. The van der Waals surface area contributed by atoms with E-state index in [2.05, 4.69) is 30.5 Å². The van der Waals surface area contributed by atoms with Crippen molar-refractivity contribution in [2.75, 3.05) is 19.1 Å². The Kier molecular flexibility index (Phi) is 12.0. The minimum atomic E-state index is -1.00. The molecule has 0 fully saturated rings. The topological polar surface area (TPSA) is 138 Å². The first-order valence-electron chi connectivity index (χ1n) is 16.5. The van der Waals surface area contributed by atoms with Crippen LogP contribution in [0, 0.1) is 0 Å². The molecule has 12 nitrogen and oxygen atoms in total. The third-order valence-corrected chi connectivity index (χ3v) is 7.43. The number of hydrogen-bond donors (Lipinski definition) is 1. The van der Waals surface area contributed by atoms with Gasteiger partial charge in [0.05, 0.1) is 56.8 Å². The van der Waals surface area contributed by atoms with Gasteiger partial charge in [-0.05, 0) is 32.9 Å². The number of pyridine rings is 1. The Morgan fingerprint density at radius 3 is 1.90 bits per heavy atom. The fourth-order valence-corrected chi connectivity index (χ4v) is 5.32. The van der Waals surface area contributed by atoms with Crippen LogP contribution in [0.15, 0.2) is 104 Å². The summed E-state index contributed by atoms with van der Waals surface area (Å²) in [6.07, 6.45) is 6.58. The molecule has 0 bridgehead atoms. The van der Waals surface area contributed by atoms with Gasteiger partial charge in [0.2, 0.25) is 0 Å². The van der Waals surface area contributed by atoms with E-state index in [1.165, 1.54) is 27.4 Å². The van der Waals surface area contributed by atoms with Crippen molar-refractivity contribution in [1.29, 1.82) is 0 Å². The largest absolute Gasteiger partial charge is 0.489 e. The van der Waals surface area contributed by atoms with Crippen LogP contribution in [0.5, 0.6) is 5.75 Å². The van der Waals surface area contributed by atoms with Gasteiger partial charge >= 0.3 is 5.97 Å². The molecule has 0 radical (unpaired) electrons. The molecule has 0 unspecified atom stereocenters. The first-order chi connectivity index (χ1) is 25.6. The first-order valence-corrected chi connectivity index (χ1v) is 16.5. The zero-order chi connectivity index (χ0) is 37.9. The summed E-state index contributed by atoms with van der Waals surface area (Å²) >= 11 is 12.1. The van der Waals surface area contributed by atoms with Gasteiger partial charge in [-0.25, -0.2) is 23.8 Å². The normalized spacial score (nSPS) is 10.9. The van der Waals surface area contributed by atoms with E-state index in [0.717, 1.165) is 16.8 Å². The number of benzene rings is 2. The average molecular weight is 745 g/mol. The molecular weight excluding hydrogens is 710 g/mol. The van der Waals surface area contributed by atoms with E-state index in [1.807, 2.05) is 74.5 Å². The van der Waals surface area contributed by atoms with Crippen molar-refractivity contribution in [3.8, 4) is 28.3 Å². The maximum atomic E-state index is 13.0. The number of nitrogens with zero attached hydrogens (tertiary/aromatic N) is 7. The van der Waals surface area contributed by atoms with E-state index < -0.39 is 13.1 Å². The summed E-state index contributed by atoms with van der Waals surface area (Å²) in [4.78, 5) is 38.2. The van der Waals surface area contributed by atoms with Crippen molar-refractivity contribution < 1.29 is 24.8 Å². The molecule has 0 spiro atoms. The van der Waals surface area contributed by atoms with Crippen LogP contribution in [0.3, 0.4) is 0 Å². The number of carbonyl (C=O) groups excluding carboxylic acids is 2. The first kappa shape index (κ1) is 35.9.